The second-order valence-electron chi connectivity index (χ2n) is 5.50. The van der Waals surface area contributed by atoms with Crippen LogP contribution in [0.5, 0.6) is 0 Å². The number of piperidine rings is 1. The summed E-state index contributed by atoms with van der Waals surface area (Å²) in [4.78, 5) is 2.36. The van der Waals surface area contributed by atoms with Crippen LogP contribution >= 0.6 is 15.9 Å². The molecule has 1 heterocycles. The molecule has 0 aliphatic carbocycles. The third kappa shape index (κ3) is 3.18. The van der Waals surface area contributed by atoms with Gasteiger partial charge in [-0.15, -0.1) is 0 Å². The van der Waals surface area contributed by atoms with Crippen LogP contribution in [-0.4, -0.2) is 24.0 Å². The zero-order valence-corrected chi connectivity index (χ0v) is 13.2. The fraction of sp³-hybridized carbons (Fsp3) is 0.600. The molecule has 19 heavy (non-hydrogen) atoms. The van der Waals surface area contributed by atoms with Gasteiger partial charge in [0.05, 0.1) is 0 Å². The lowest BCUT2D eigenvalue weighted by Crippen LogP contribution is -2.49. The van der Waals surface area contributed by atoms with E-state index in [1.54, 1.807) is 6.07 Å². The maximum absolute atomic E-state index is 14.0. The second kappa shape index (κ2) is 6.33. The zero-order chi connectivity index (χ0) is 14.0. The molecule has 2 nitrogen and oxygen atoms in total. The summed E-state index contributed by atoms with van der Waals surface area (Å²) in [6, 6.07) is 5.56. The van der Waals surface area contributed by atoms with Crippen LogP contribution in [-0.2, 0) is 0 Å². The molecule has 3 atom stereocenters. The fourth-order valence-electron chi connectivity index (χ4n) is 3.14. The quantitative estimate of drug-likeness (QED) is 0.916. The van der Waals surface area contributed by atoms with Gasteiger partial charge in [0.2, 0.25) is 0 Å². The van der Waals surface area contributed by atoms with E-state index >= 15 is 0 Å². The summed E-state index contributed by atoms with van der Waals surface area (Å²) in [5.41, 5.74) is 6.67. The lowest BCUT2D eigenvalue weighted by Gasteiger charge is -2.43. The molecule has 0 amide bonds. The first-order valence-electron chi connectivity index (χ1n) is 6.95. The zero-order valence-electron chi connectivity index (χ0n) is 11.6. The average molecular weight is 329 g/mol. The van der Waals surface area contributed by atoms with Crippen molar-refractivity contribution in [1.82, 2.24) is 4.90 Å². The van der Waals surface area contributed by atoms with Crippen molar-refractivity contribution in [2.24, 2.45) is 11.7 Å². The number of nitrogens with zero attached hydrogens (tertiary/aromatic N) is 1. The van der Waals surface area contributed by atoms with Gasteiger partial charge in [0.15, 0.2) is 0 Å². The highest BCUT2D eigenvalue weighted by Gasteiger charge is 2.31. The Morgan fingerprint density at radius 1 is 1.53 bits per heavy atom. The molecule has 2 N–H and O–H groups in total. The van der Waals surface area contributed by atoms with E-state index in [2.05, 4.69) is 34.7 Å². The monoisotopic (exact) mass is 328 g/mol. The Morgan fingerprint density at radius 3 is 2.95 bits per heavy atom. The van der Waals surface area contributed by atoms with Gasteiger partial charge >= 0.3 is 0 Å². The highest BCUT2D eigenvalue weighted by atomic mass is 79.9. The molecular weight excluding hydrogens is 307 g/mol. The Balaban J connectivity index is 2.26. The van der Waals surface area contributed by atoms with Gasteiger partial charge in [-0.3, -0.25) is 4.90 Å². The number of hydrogen-bond acceptors (Lipinski definition) is 2. The van der Waals surface area contributed by atoms with E-state index in [9.17, 15) is 4.39 Å². The number of likely N-dealkylation sites (tertiary alicyclic amines) is 1. The lowest BCUT2D eigenvalue weighted by molar-refractivity contribution is 0.0675. The van der Waals surface area contributed by atoms with Gasteiger partial charge in [0.1, 0.15) is 5.82 Å². The maximum atomic E-state index is 14.0. The molecule has 4 heteroatoms. The van der Waals surface area contributed by atoms with E-state index in [-0.39, 0.29) is 11.9 Å². The normalized spacial score (nSPS) is 26.4. The van der Waals surface area contributed by atoms with Gasteiger partial charge in [-0.05, 0) is 50.4 Å². The minimum absolute atomic E-state index is 0.0637. The highest BCUT2D eigenvalue weighted by Crippen LogP contribution is 2.33. The fourth-order valence-corrected chi connectivity index (χ4v) is 3.52. The summed E-state index contributed by atoms with van der Waals surface area (Å²) in [5.74, 6) is 0.445. The van der Waals surface area contributed by atoms with Crippen molar-refractivity contribution in [1.29, 1.82) is 0 Å². The molecule has 1 fully saturated rings. The van der Waals surface area contributed by atoms with Crippen molar-refractivity contribution in [3.8, 4) is 0 Å². The summed E-state index contributed by atoms with van der Waals surface area (Å²) < 4.78 is 14.9. The second-order valence-corrected chi connectivity index (χ2v) is 6.42. The summed E-state index contributed by atoms with van der Waals surface area (Å²) in [7, 11) is 0. The van der Waals surface area contributed by atoms with E-state index in [1.165, 1.54) is 12.5 Å². The van der Waals surface area contributed by atoms with Crippen LogP contribution in [0.15, 0.2) is 22.7 Å². The lowest BCUT2D eigenvalue weighted by atomic mass is 9.88. The number of halogens is 2. The van der Waals surface area contributed by atoms with Crippen LogP contribution < -0.4 is 5.73 Å². The van der Waals surface area contributed by atoms with Gasteiger partial charge in [-0.25, -0.2) is 4.39 Å². The van der Waals surface area contributed by atoms with E-state index in [0.717, 1.165) is 23.0 Å². The van der Waals surface area contributed by atoms with Gasteiger partial charge < -0.3 is 5.73 Å². The van der Waals surface area contributed by atoms with Gasteiger partial charge in [0.25, 0.3) is 0 Å². The van der Waals surface area contributed by atoms with E-state index in [1.807, 2.05) is 6.07 Å². The van der Waals surface area contributed by atoms with Gasteiger partial charge in [-0.1, -0.05) is 22.9 Å². The van der Waals surface area contributed by atoms with Crippen molar-refractivity contribution in [2.45, 2.75) is 38.8 Å². The smallest absolute Gasteiger partial charge is 0.128 e. The molecule has 1 aromatic carbocycles. The van der Waals surface area contributed by atoms with Gasteiger partial charge in [-0.2, -0.15) is 0 Å². The highest BCUT2D eigenvalue weighted by molar-refractivity contribution is 9.10. The number of benzene rings is 1. The Labute approximate surface area is 123 Å². The molecule has 0 spiro atoms. The SMILES string of the molecule is CC1CCCN(C(C)c2cc(Br)ccc2F)C1CN. The molecule has 3 unspecified atom stereocenters. The number of rotatable bonds is 3. The van der Waals surface area contributed by atoms with Crippen LogP contribution in [0.4, 0.5) is 4.39 Å². The summed E-state index contributed by atoms with van der Waals surface area (Å²) >= 11 is 3.42. The first-order valence-corrected chi connectivity index (χ1v) is 7.74. The third-order valence-corrected chi connectivity index (χ3v) is 4.80. The molecule has 0 radical (unpaired) electrons. The Morgan fingerprint density at radius 2 is 2.26 bits per heavy atom. The minimum Gasteiger partial charge on any atom is -0.329 e. The van der Waals surface area contributed by atoms with Crippen molar-refractivity contribution in [3.63, 3.8) is 0 Å². The Hall–Kier alpha value is -0.450. The van der Waals surface area contributed by atoms with Crippen LogP contribution in [0.3, 0.4) is 0 Å². The predicted octanol–water partition coefficient (Wildman–Crippen LogP) is 3.71. The van der Waals surface area contributed by atoms with E-state index < -0.39 is 0 Å². The molecule has 0 saturated carbocycles. The Kier molecular flexibility index (Phi) is 4.98. The van der Waals surface area contributed by atoms with Crippen molar-refractivity contribution in [2.75, 3.05) is 13.1 Å². The summed E-state index contributed by atoms with van der Waals surface area (Å²) in [6.07, 6.45) is 2.38. The third-order valence-electron chi connectivity index (χ3n) is 4.31. The topological polar surface area (TPSA) is 29.3 Å². The van der Waals surface area contributed by atoms with Crippen LogP contribution in [0, 0.1) is 11.7 Å². The molecule has 0 bridgehead atoms. The average Bonchev–Trinajstić information content (AvgIpc) is 2.40. The Bertz CT molecular complexity index is 438. The first-order chi connectivity index (χ1) is 9.04. The molecule has 2 rings (SSSR count). The molecular formula is C15H22BrFN2. The number of hydrogen-bond donors (Lipinski definition) is 1. The molecule has 1 aliphatic heterocycles. The van der Waals surface area contributed by atoms with Crippen LogP contribution in [0.2, 0.25) is 0 Å². The van der Waals surface area contributed by atoms with E-state index in [0.29, 0.717) is 18.5 Å². The van der Waals surface area contributed by atoms with Crippen molar-refractivity contribution in [3.05, 3.63) is 34.1 Å². The first kappa shape index (κ1) is 14.9. The maximum Gasteiger partial charge on any atom is 0.128 e. The van der Waals surface area contributed by atoms with Crippen molar-refractivity contribution < 1.29 is 4.39 Å². The molecule has 106 valence electrons. The van der Waals surface area contributed by atoms with E-state index in [4.69, 9.17) is 5.73 Å². The van der Waals surface area contributed by atoms with Crippen molar-refractivity contribution >= 4 is 15.9 Å². The van der Waals surface area contributed by atoms with Crippen LogP contribution in [0.25, 0.3) is 0 Å². The molecule has 1 aliphatic rings. The summed E-state index contributed by atoms with van der Waals surface area (Å²) in [5, 5.41) is 0. The minimum atomic E-state index is -0.135. The number of nitrogens with two attached hydrogens (primary N) is 1. The summed E-state index contributed by atoms with van der Waals surface area (Å²) in [6.45, 7) is 5.96. The molecule has 1 aromatic rings. The molecule has 0 aromatic heterocycles. The molecule has 1 saturated heterocycles. The van der Waals surface area contributed by atoms with Gasteiger partial charge in [0, 0.05) is 28.7 Å². The largest absolute Gasteiger partial charge is 0.329 e. The standard InChI is InChI=1S/C15H22BrFN2/c1-10-4-3-7-19(15(10)9-18)11(2)13-8-12(16)5-6-14(13)17/h5-6,8,10-11,15H,3-4,7,9,18H2,1-2H3. The van der Waals surface area contributed by atoms with Crippen LogP contribution in [0.1, 0.15) is 38.3 Å². The predicted molar refractivity (Wildman–Crippen MR) is 80.5 cm³/mol.